The predicted octanol–water partition coefficient (Wildman–Crippen LogP) is 5.34. The van der Waals surface area contributed by atoms with Crippen molar-refractivity contribution in [2.75, 3.05) is 17.1 Å². The number of benzene rings is 3. The average Bonchev–Trinajstić information content (AvgIpc) is 2.68. The van der Waals surface area contributed by atoms with Crippen molar-refractivity contribution in [2.45, 2.75) is 19.1 Å². The molecule has 0 spiro atoms. The van der Waals surface area contributed by atoms with E-state index in [9.17, 15) is 0 Å². The average molecular weight is 330 g/mol. The molecule has 0 aromatic heterocycles. The van der Waals surface area contributed by atoms with E-state index < -0.39 is 0 Å². The molecule has 3 heteroatoms. The van der Waals surface area contributed by atoms with Crippen molar-refractivity contribution in [2.24, 2.45) is 0 Å². The maximum Gasteiger partial charge on any atom is 0.106 e. The molecule has 0 radical (unpaired) electrons. The molecule has 0 fully saturated rings. The van der Waals surface area contributed by atoms with Gasteiger partial charge in [-0.1, -0.05) is 54.6 Å². The van der Waals surface area contributed by atoms with Gasteiger partial charge in [-0.2, -0.15) is 0 Å². The molecule has 0 saturated heterocycles. The molecule has 1 heterocycles. The van der Waals surface area contributed by atoms with Gasteiger partial charge < -0.3 is 4.74 Å². The fourth-order valence-corrected chi connectivity index (χ4v) is 3.70. The zero-order valence-electron chi connectivity index (χ0n) is 14.5. The number of nitrogens with zero attached hydrogens (tertiary/aromatic N) is 2. The van der Waals surface area contributed by atoms with Crippen molar-refractivity contribution < 1.29 is 4.74 Å². The molecule has 0 amide bonds. The summed E-state index contributed by atoms with van der Waals surface area (Å²) in [6, 6.07) is 29.6. The molecule has 2 unspecified atom stereocenters. The molecule has 3 aromatic rings. The van der Waals surface area contributed by atoms with Crippen LogP contribution in [0.25, 0.3) is 0 Å². The van der Waals surface area contributed by atoms with E-state index in [0.29, 0.717) is 0 Å². The minimum atomic E-state index is 0.0105. The van der Waals surface area contributed by atoms with Crippen molar-refractivity contribution in [3.63, 3.8) is 0 Å². The topological polar surface area (TPSA) is 15.7 Å². The molecular weight excluding hydrogens is 308 g/mol. The van der Waals surface area contributed by atoms with Gasteiger partial charge in [0.05, 0.1) is 23.1 Å². The summed E-state index contributed by atoms with van der Waals surface area (Å²) in [5.41, 5.74) is 4.66. The number of hydrogen-bond acceptors (Lipinski definition) is 3. The number of methoxy groups -OCH3 is 1. The Morgan fingerprint density at radius 3 is 1.92 bits per heavy atom. The summed E-state index contributed by atoms with van der Waals surface area (Å²) in [6.45, 7) is 2.22. The third-order valence-corrected chi connectivity index (χ3v) is 4.79. The van der Waals surface area contributed by atoms with Crippen LogP contribution in [0.15, 0.2) is 84.9 Å². The van der Waals surface area contributed by atoms with Crippen molar-refractivity contribution in [3.05, 3.63) is 90.5 Å². The highest BCUT2D eigenvalue weighted by Crippen LogP contribution is 2.44. The van der Waals surface area contributed by atoms with E-state index in [4.69, 9.17) is 4.74 Å². The fraction of sp³-hybridized carbons (Fsp3) is 0.182. The molecule has 126 valence electrons. The monoisotopic (exact) mass is 330 g/mol. The Morgan fingerprint density at radius 1 is 0.720 bits per heavy atom. The van der Waals surface area contributed by atoms with Gasteiger partial charge in [0.2, 0.25) is 0 Å². The van der Waals surface area contributed by atoms with Crippen LogP contribution in [0.1, 0.15) is 18.6 Å². The number of hydrazine groups is 1. The smallest absolute Gasteiger partial charge is 0.106 e. The molecule has 4 rings (SSSR count). The summed E-state index contributed by atoms with van der Waals surface area (Å²) < 4.78 is 5.90. The quantitative estimate of drug-likeness (QED) is 0.645. The second-order valence-electron chi connectivity index (χ2n) is 6.28. The van der Waals surface area contributed by atoms with E-state index in [2.05, 4.69) is 89.7 Å². The molecular formula is C22H22N2O. The SMILES string of the molecule is COC1c2ccccc2N(c2ccccc2)N(c2ccccc2)C1C. The minimum absolute atomic E-state index is 0.0105. The number of hydrogen-bond donors (Lipinski definition) is 0. The Kier molecular flexibility index (Phi) is 4.16. The van der Waals surface area contributed by atoms with Crippen LogP contribution in [-0.2, 0) is 4.74 Å². The fourth-order valence-electron chi connectivity index (χ4n) is 3.70. The number of fused-ring (bicyclic) bond motifs is 1. The van der Waals surface area contributed by atoms with E-state index in [-0.39, 0.29) is 12.1 Å². The second kappa shape index (κ2) is 6.61. The highest BCUT2D eigenvalue weighted by atomic mass is 16.5. The van der Waals surface area contributed by atoms with E-state index in [1.54, 1.807) is 7.11 Å². The first-order valence-corrected chi connectivity index (χ1v) is 8.62. The lowest BCUT2D eigenvalue weighted by molar-refractivity contribution is 0.0785. The van der Waals surface area contributed by atoms with Crippen LogP contribution in [0.5, 0.6) is 0 Å². The largest absolute Gasteiger partial charge is 0.374 e. The van der Waals surface area contributed by atoms with Gasteiger partial charge in [-0.3, -0.25) is 10.0 Å². The lowest BCUT2D eigenvalue weighted by Gasteiger charge is -2.49. The van der Waals surface area contributed by atoms with Gasteiger partial charge in [-0.05, 0) is 37.3 Å². The summed E-state index contributed by atoms with van der Waals surface area (Å²) >= 11 is 0. The van der Waals surface area contributed by atoms with E-state index in [1.807, 2.05) is 12.1 Å². The van der Waals surface area contributed by atoms with Crippen LogP contribution in [-0.4, -0.2) is 13.2 Å². The number of anilines is 3. The first-order chi connectivity index (χ1) is 12.3. The number of para-hydroxylation sites is 3. The van der Waals surface area contributed by atoms with Gasteiger partial charge in [0, 0.05) is 12.7 Å². The van der Waals surface area contributed by atoms with Crippen molar-refractivity contribution in [1.82, 2.24) is 0 Å². The van der Waals surface area contributed by atoms with Crippen molar-refractivity contribution in [3.8, 4) is 0 Å². The molecule has 1 aliphatic heterocycles. The molecule has 25 heavy (non-hydrogen) atoms. The van der Waals surface area contributed by atoms with Crippen LogP contribution in [0.3, 0.4) is 0 Å². The van der Waals surface area contributed by atoms with Crippen LogP contribution in [0.2, 0.25) is 0 Å². The zero-order chi connectivity index (χ0) is 17.2. The Bertz CT molecular complexity index is 835. The van der Waals surface area contributed by atoms with Crippen LogP contribution < -0.4 is 10.0 Å². The summed E-state index contributed by atoms with van der Waals surface area (Å²) in [5.74, 6) is 0. The maximum atomic E-state index is 5.90. The lowest BCUT2D eigenvalue weighted by atomic mass is 9.96. The Balaban J connectivity index is 1.94. The molecule has 3 aromatic carbocycles. The summed E-state index contributed by atoms with van der Waals surface area (Å²) in [7, 11) is 1.79. The molecule has 0 saturated carbocycles. The van der Waals surface area contributed by atoms with Gasteiger partial charge in [0.1, 0.15) is 6.10 Å². The van der Waals surface area contributed by atoms with E-state index in [1.165, 1.54) is 5.56 Å². The molecule has 0 aliphatic carbocycles. The molecule has 1 aliphatic rings. The predicted molar refractivity (Wildman–Crippen MR) is 103 cm³/mol. The molecule has 0 N–H and O–H groups in total. The summed E-state index contributed by atoms with van der Waals surface area (Å²) in [5, 5.41) is 4.62. The first kappa shape index (κ1) is 15.7. The third kappa shape index (κ3) is 2.67. The Morgan fingerprint density at radius 2 is 1.28 bits per heavy atom. The van der Waals surface area contributed by atoms with E-state index >= 15 is 0 Å². The van der Waals surface area contributed by atoms with Gasteiger partial charge >= 0.3 is 0 Å². The Hall–Kier alpha value is -2.78. The maximum absolute atomic E-state index is 5.90. The first-order valence-electron chi connectivity index (χ1n) is 8.62. The summed E-state index contributed by atoms with van der Waals surface area (Å²) in [6.07, 6.45) is 0.0105. The van der Waals surface area contributed by atoms with Gasteiger partial charge in [-0.15, -0.1) is 0 Å². The zero-order valence-corrected chi connectivity index (χ0v) is 14.5. The van der Waals surface area contributed by atoms with Crippen molar-refractivity contribution in [1.29, 1.82) is 0 Å². The molecule has 0 bridgehead atoms. The standard InChI is InChI=1S/C22H22N2O/c1-17-22(25-2)20-15-9-10-16-21(20)24(19-13-7-4-8-14-19)23(17)18-11-5-3-6-12-18/h3-17,22H,1-2H3. The molecule has 3 nitrogen and oxygen atoms in total. The van der Waals surface area contributed by atoms with Crippen LogP contribution in [0, 0.1) is 0 Å². The third-order valence-electron chi connectivity index (χ3n) is 4.79. The highest BCUT2D eigenvalue weighted by molar-refractivity contribution is 5.75. The second-order valence-corrected chi connectivity index (χ2v) is 6.28. The number of ether oxygens (including phenoxy) is 1. The van der Waals surface area contributed by atoms with Gasteiger partial charge in [-0.25, -0.2) is 0 Å². The van der Waals surface area contributed by atoms with Crippen molar-refractivity contribution >= 4 is 17.1 Å². The van der Waals surface area contributed by atoms with Gasteiger partial charge in [0.15, 0.2) is 0 Å². The van der Waals surface area contributed by atoms with Gasteiger partial charge in [0.25, 0.3) is 0 Å². The Labute approximate surface area is 149 Å². The summed E-state index contributed by atoms with van der Waals surface area (Å²) in [4.78, 5) is 0. The van der Waals surface area contributed by atoms with E-state index in [0.717, 1.165) is 17.1 Å². The highest BCUT2D eigenvalue weighted by Gasteiger charge is 2.38. The molecule has 2 atom stereocenters. The minimum Gasteiger partial charge on any atom is -0.374 e. The lowest BCUT2D eigenvalue weighted by Crippen LogP contribution is -2.52. The van der Waals surface area contributed by atoms with Crippen LogP contribution in [0.4, 0.5) is 17.1 Å². The van der Waals surface area contributed by atoms with Crippen LogP contribution >= 0.6 is 0 Å². The number of rotatable bonds is 3. The normalized spacial score (nSPS) is 19.6.